The van der Waals surface area contributed by atoms with Gasteiger partial charge in [-0.05, 0) is 25.7 Å². The molecule has 1 nitrogen and oxygen atoms in total. The Kier molecular flexibility index (Phi) is 1.69. The highest BCUT2D eigenvalue weighted by Gasteiger charge is 2.58. The summed E-state index contributed by atoms with van der Waals surface area (Å²) < 4.78 is 5.30. The van der Waals surface area contributed by atoms with Crippen LogP contribution >= 0.6 is 23.2 Å². The molecule has 0 spiro atoms. The van der Waals surface area contributed by atoms with Gasteiger partial charge >= 0.3 is 0 Å². The molecule has 2 saturated carbocycles. The fourth-order valence-electron chi connectivity index (χ4n) is 2.39. The van der Waals surface area contributed by atoms with E-state index in [-0.39, 0.29) is 15.9 Å². The Morgan fingerprint density at radius 1 is 1.36 bits per heavy atom. The summed E-state index contributed by atoms with van der Waals surface area (Å²) in [6.45, 7) is 0. The fraction of sp³-hybridized carbons (Fsp3) is 1.00. The Morgan fingerprint density at radius 3 is 2.36 bits per heavy atom. The second-order valence-electron chi connectivity index (χ2n) is 3.79. The van der Waals surface area contributed by atoms with Gasteiger partial charge in [0.25, 0.3) is 0 Å². The lowest BCUT2D eigenvalue weighted by molar-refractivity contribution is 0.0693. The van der Waals surface area contributed by atoms with Crippen molar-refractivity contribution >= 4 is 23.2 Å². The monoisotopic (exact) mass is 194 g/mol. The molecule has 2 aliphatic carbocycles. The zero-order valence-electron chi connectivity index (χ0n) is 6.57. The van der Waals surface area contributed by atoms with Crippen LogP contribution in [0.5, 0.6) is 0 Å². The number of hydrogen-bond donors (Lipinski definition) is 0. The number of rotatable bonds is 1. The Balaban J connectivity index is 2.22. The zero-order valence-corrected chi connectivity index (χ0v) is 8.08. The van der Waals surface area contributed by atoms with Crippen LogP contribution in [0.4, 0.5) is 0 Å². The lowest BCUT2D eigenvalue weighted by Gasteiger charge is -2.28. The van der Waals surface area contributed by atoms with Gasteiger partial charge in [-0.15, -0.1) is 23.2 Å². The molecule has 3 heteroatoms. The van der Waals surface area contributed by atoms with Crippen molar-refractivity contribution in [3.8, 4) is 0 Å². The van der Waals surface area contributed by atoms with Crippen LogP contribution in [0.25, 0.3) is 0 Å². The molecule has 64 valence electrons. The van der Waals surface area contributed by atoms with Gasteiger partial charge in [-0.2, -0.15) is 0 Å². The average Bonchev–Trinajstić information content (AvgIpc) is 2.36. The molecule has 2 aliphatic rings. The summed E-state index contributed by atoms with van der Waals surface area (Å²) in [6.07, 6.45) is 4.08. The maximum atomic E-state index is 6.34. The summed E-state index contributed by atoms with van der Waals surface area (Å²) in [7, 11) is 1.72. The first kappa shape index (κ1) is 8.15. The highest BCUT2D eigenvalue weighted by Crippen LogP contribution is 2.58. The predicted octanol–water partition coefficient (Wildman–Crippen LogP) is 2.54. The van der Waals surface area contributed by atoms with E-state index in [9.17, 15) is 0 Å². The highest BCUT2D eigenvalue weighted by molar-refractivity contribution is 6.29. The molecule has 2 bridgehead atoms. The normalized spacial score (nSPS) is 55.4. The van der Waals surface area contributed by atoms with Crippen LogP contribution in [0.2, 0.25) is 0 Å². The summed E-state index contributed by atoms with van der Waals surface area (Å²) in [5.74, 6) is 0. The van der Waals surface area contributed by atoms with Crippen LogP contribution in [-0.4, -0.2) is 23.0 Å². The molecule has 0 aromatic carbocycles. The van der Waals surface area contributed by atoms with Gasteiger partial charge in [-0.1, -0.05) is 0 Å². The molecule has 2 fully saturated rings. The Labute approximate surface area is 77.0 Å². The average molecular weight is 195 g/mol. The van der Waals surface area contributed by atoms with E-state index in [1.54, 1.807) is 7.11 Å². The summed E-state index contributed by atoms with van der Waals surface area (Å²) in [5, 5.41) is 0. The van der Waals surface area contributed by atoms with E-state index in [1.165, 1.54) is 0 Å². The van der Waals surface area contributed by atoms with E-state index in [0.717, 1.165) is 25.7 Å². The fourth-order valence-corrected chi connectivity index (χ4v) is 3.45. The molecule has 0 aromatic heterocycles. The standard InChI is InChI=1S/C8H12Cl2O/c1-11-6-4-7(9)2-3-8(6,10)5-7/h6H,2-5H2,1H3. The molecule has 0 aromatic rings. The first-order valence-corrected chi connectivity index (χ1v) is 4.74. The van der Waals surface area contributed by atoms with E-state index in [1.807, 2.05) is 0 Å². The number of fused-ring (bicyclic) bond motifs is 2. The molecule has 0 N–H and O–H groups in total. The van der Waals surface area contributed by atoms with Crippen molar-refractivity contribution in [2.24, 2.45) is 0 Å². The summed E-state index contributed by atoms with van der Waals surface area (Å²) in [5.41, 5.74) is 0. The van der Waals surface area contributed by atoms with Gasteiger partial charge in [0, 0.05) is 12.0 Å². The quantitative estimate of drug-likeness (QED) is 0.584. The molecule has 11 heavy (non-hydrogen) atoms. The third kappa shape index (κ3) is 1.09. The number of alkyl halides is 2. The molecular weight excluding hydrogens is 183 g/mol. The molecule has 2 rings (SSSR count). The molecule has 0 saturated heterocycles. The molecule has 3 atom stereocenters. The van der Waals surface area contributed by atoms with Gasteiger partial charge in [-0.25, -0.2) is 0 Å². The Hall–Kier alpha value is 0.540. The van der Waals surface area contributed by atoms with Crippen LogP contribution in [0.1, 0.15) is 25.7 Å². The molecule has 0 amide bonds. The van der Waals surface area contributed by atoms with Crippen LogP contribution in [0.15, 0.2) is 0 Å². The largest absolute Gasteiger partial charge is 0.380 e. The van der Waals surface area contributed by atoms with Crippen molar-refractivity contribution < 1.29 is 4.74 Å². The minimum atomic E-state index is -0.142. The molecular formula is C8H12Cl2O. The van der Waals surface area contributed by atoms with Gasteiger partial charge < -0.3 is 4.74 Å². The van der Waals surface area contributed by atoms with Gasteiger partial charge in [0.1, 0.15) is 0 Å². The third-order valence-corrected chi connectivity index (χ3v) is 4.06. The lowest BCUT2D eigenvalue weighted by Crippen LogP contribution is -2.33. The third-order valence-electron chi connectivity index (χ3n) is 3.01. The van der Waals surface area contributed by atoms with Crippen LogP contribution in [-0.2, 0) is 4.74 Å². The topological polar surface area (TPSA) is 9.23 Å². The molecule has 0 aliphatic heterocycles. The number of hydrogen-bond acceptors (Lipinski definition) is 1. The van der Waals surface area contributed by atoms with E-state index in [0.29, 0.717) is 0 Å². The second kappa shape index (κ2) is 2.27. The molecule has 0 heterocycles. The number of methoxy groups -OCH3 is 1. The van der Waals surface area contributed by atoms with Crippen molar-refractivity contribution in [2.45, 2.75) is 41.5 Å². The summed E-state index contributed by atoms with van der Waals surface area (Å²) >= 11 is 12.6. The second-order valence-corrected chi connectivity index (χ2v) is 5.35. The van der Waals surface area contributed by atoms with Crippen molar-refractivity contribution in [3.05, 3.63) is 0 Å². The predicted molar refractivity (Wildman–Crippen MR) is 46.4 cm³/mol. The number of ether oxygens (including phenoxy) is 1. The van der Waals surface area contributed by atoms with Gasteiger partial charge in [0.15, 0.2) is 0 Å². The van der Waals surface area contributed by atoms with E-state index >= 15 is 0 Å². The van der Waals surface area contributed by atoms with Gasteiger partial charge in [-0.3, -0.25) is 0 Å². The van der Waals surface area contributed by atoms with E-state index in [4.69, 9.17) is 27.9 Å². The lowest BCUT2D eigenvalue weighted by atomic mass is 9.97. The van der Waals surface area contributed by atoms with E-state index < -0.39 is 0 Å². The highest BCUT2D eigenvalue weighted by atomic mass is 35.5. The zero-order chi connectivity index (χ0) is 8.11. The van der Waals surface area contributed by atoms with Crippen LogP contribution < -0.4 is 0 Å². The van der Waals surface area contributed by atoms with Crippen molar-refractivity contribution in [2.75, 3.05) is 7.11 Å². The molecule has 3 unspecified atom stereocenters. The number of halogens is 2. The van der Waals surface area contributed by atoms with Gasteiger partial charge in [0.2, 0.25) is 0 Å². The Morgan fingerprint density at radius 2 is 2.09 bits per heavy atom. The van der Waals surface area contributed by atoms with Gasteiger partial charge in [0.05, 0.1) is 11.0 Å². The van der Waals surface area contributed by atoms with Crippen molar-refractivity contribution in [3.63, 3.8) is 0 Å². The minimum absolute atomic E-state index is 0.0393. The van der Waals surface area contributed by atoms with Crippen molar-refractivity contribution in [1.82, 2.24) is 0 Å². The van der Waals surface area contributed by atoms with Crippen molar-refractivity contribution in [1.29, 1.82) is 0 Å². The maximum absolute atomic E-state index is 6.34. The maximum Gasteiger partial charge on any atom is 0.0780 e. The van der Waals surface area contributed by atoms with Crippen LogP contribution in [0, 0.1) is 0 Å². The molecule has 0 radical (unpaired) electrons. The minimum Gasteiger partial charge on any atom is -0.380 e. The Bertz CT molecular complexity index is 185. The first-order chi connectivity index (χ1) is 5.08. The SMILES string of the molecule is COC1CC2(Cl)CCC1(Cl)C2. The van der Waals surface area contributed by atoms with E-state index in [2.05, 4.69) is 0 Å². The first-order valence-electron chi connectivity index (χ1n) is 3.99. The summed E-state index contributed by atoms with van der Waals surface area (Å²) in [6, 6.07) is 0. The van der Waals surface area contributed by atoms with Crippen LogP contribution in [0.3, 0.4) is 0 Å². The summed E-state index contributed by atoms with van der Waals surface area (Å²) in [4.78, 5) is -0.182. The smallest absolute Gasteiger partial charge is 0.0780 e.